The van der Waals surface area contributed by atoms with E-state index in [0.29, 0.717) is 5.69 Å². The lowest BCUT2D eigenvalue weighted by molar-refractivity contribution is -0.139. The largest absolute Gasteiger partial charge is 0.352 e. The second-order valence-electron chi connectivity index (χ2n) is 9.52. The Labute approximate surface area is 209 Å². The molecule has 1 unspecified atom stereocenters. The van der Waals surface area contributed by atoms with Gasteiger partial charge in [0.05, 0.1) is 11.9 Å². The normalized spacial score (nSPS) is 15.3. The summed E-state index contributed by atoms with van der Waals surface area (Å²) < 4.78 is 26.5. The first-order valence-electron chi connectivity index (χ1n) is 12.3. The Hall–Kier alpha value is -2.87. The summed E-state index contributed by atoms with van der Waals surface area (Å²) in [5.41, 5.74) is 3.13. The summed E-state index contributed by atoms with van der Waals surface area (Å²) in [6.45, 7) is 5.32. The first-order valence-corrected chi connectivity index (χ1v) is 14.1. The van der Waals surface area contributed by atoms with Gasteiger partial charge in [-0.15, -0.1) is 0 Å². The van der Waals surface area contributed by atoms with E-state index in [1.165, 1.54) is 11.3 Å². The van der Waals surface area contributed by atoms with Crippen molar-refractivity contribution in [3.8, 4) is 0 Å². The first-order chi connectivity index (χ1) is 16.6. The minimum Gasteiger partial charge on any atom is -0.352 e. The van der Waals surface area contributed by atoms with Crippen LogP contribution in [0.5, 0.6) is 0 Å². The van der Waals surface area contributed by atoms with Crippen LogP contribution in [0.15, 0.2) is 48.5 Å². The van der Waals surface area contributed by atoms with Gasteiger partial charge < -0.3 is 10.2 Å². The second-order valence-corrected chi connectivity index (χ2v) is 11.4. The zero-order valence-electron chi connectivity index (χ0n) is 21.2. The van der Waals surface area contributed by atoms with E-state index in [9.17, 15) is 18.0 Å². The van der Waals surface area contributed by atoms with Crippen LogP contribution in [0.1, 0.15) is 55.7 Å². The molecule has 1 aliphatic rings. The maximum Gasteiger partial charge on any atom is 0.244 e. The lowest BCUT2D eigenvalue weighted by Crippen LogP contribution is -2.53. The van der Waals surface area contributed by atoms with Crippen molar-refractivity contribution in [2.24, 2.45) is 0 Å². The van der Waals surface area contributed by atoms with E-state index < -0.39 is 22.0 Å². The van der Waals surface area contributed by atoms with E-state index in [0.717, 1.165) is 52.9 Å². The summed E-state index contributed by atoms with van der Waals surface area (Å²) in [7, 11) is -3.73. The summed E-state index contributed by atoms with van der Waals surface area (Å²) >= 11 is 0. The smallest absolute Gasteiger partial charge is 0.244 e. The molecule has 1 aliphatic carbocycles. The molecule has 2 aromatic rings. The molecule has 0 spiro atoms. The molecule has 0 radical (unpaired) electrons. The second kappa shape index (κ2) is 11.7. The van der Waals surface area contributed by atoms with Crippen LogP contribution in [0.25, 0.3) is 0 Å². The van der Waals surface area contributed by atoms with Crippen LogP contribution in [0.2, 0.25) is 0 Å². The fourth-order valence-electron chi connectivity index (χ4n) is 4.56. The highest BCUT2D eigenvalue weighted by molar-refractivity contribution is 7.92. The molecule has 1 atom stereocenters. The van der Waals surface area contributed by atoms with E-state index in [4.69, 9.17) is 0 Å². The van der Waals surface area contributed by atoms with Crippen molar-refractivity contribution in [3.63, 3.8) is 0 Å². The molecule has 8 heteroatoms. The maximum atomic E-state index is 13.7. The molecule has 2 aromatic carbocycles. The quantitative estimate of drug-likeness (QED) is 0.566. The number of nitrogens with one attached hydrogen (secondary N) is 1. The molecule has 1 fully saturated rings. The number of carbonyl (C=O) groups is 2. The number of nitrogens with zero attached hydrogens (tertiary/aromatic N) is 2. The topological polar surface area (TPSA) is 86.8 Å². The molecule has 0 bridgehead atoms. The van der Waals surface area contributed by atoms with Gasteiger partial charge in [0.2, 0.25) is 21.8 Å². The average Bonchev–Trinajstić information content (AvgIpc) is 2.82. The molecule has 190 valence electrons. The van der Waals surface area contributed by atoms with Gasteiger partial charge in [-0.2, -0.15) is 0 Å². The third kappa shape index (κ3) is 7.07. The molecule has 35 heavy (non-hydrogen) atoms. The van der Waals surface area contributed by atoms with Crippen molar-refractivity contribution < 1.29 is 18.0 Å². The van der Waals surface area contributed by atoms with E-state index in [-0.39, 0.29) is 25.0 Å². The molecule has 7 nitrogen and oxygen atoms in total. The van der Waals surface area contributed by atoms with Gasteiger partial charge in [0.1, 0.15) is 12.6 Å². The third-order valence-corrected chi connectivity index (χ3v) is 7.91. The fraction of sp³-hybridized carbons (Fsp3) is 0.481. The van der Waals surface area contributed by atoms with Crippen molar-refractivity contribution in [3.05, 3.63) is 65.2 Å². The number of carbonyl (C=O) groups excluding carboxylic acids is 2. The third-order valence-electron chi connectivity index (χ3n) is 6.78. The van der Waals surface area contributed by atoms with E-state index in [1.807, 2.05) is 50.2 Å². The number of para-hydroxylation sites is 1. The van der Waals surface area contributed by atoms with Crippen molar-refractivity contribution in [1.82, 2.24) is 10.2 Å². The van der Waals surface area contributed by atoms with Crippen LogP contribution in [-0.4, -0.2) is 50.0 Å². The van der Waals surface area contributed by atoms with Crippen LogP contribution in [-0.2, 0) is 26.2 Å². The molecular formula is C27H37N3O4S. The zero-order valence-corrected chi connectivity index (χ0v) is 22.0. The molecule has 0 aliphatic heterocycles. The minimum atomic E-state index is -3.73. The van der Waals surface area contributed by atoms with Crippen molar-refractivity contribution in [1.29, 1.82) is 0 Å². The molecule has 0 aromatic heterocycles. The van der Waals surface area contributed by atoms with Crippen molar-refractivity contribution in [2.45, 2.75) is 71.5 Å². The van der Waals surface area contributed by atoms with Gasteiger partial charge in [0.15, 0.2) is 0 Å². The van der Waals surface area contributed by atoms with Gasteiger partial charge in [0.25, 0.3) is 0 Å². The van der Waals surface area contributed by atoms with Gasteiger partial charge >= 0.3 is 0 Å². The number of hydrogen-bond acceptors (Lipinski definition) is 4. The number of hydrogen-bond donors (Lipinski definition) is 1. The van der Waals surface area contributed by atoms with E-state index in [1.54, 1.807) is 19.1 Å². The average molecular weight is 500 g/mol. The van der Waals surface area contributed by atoms with Gasteiger partial charge in [-0.1, -0.05) is 61.7 Å². The highest BCUT2D eigenvalue weighted by Gasteiger charge is 2.31. The van der Waals surface area contributed by atoms with Crippen LogP contribution in [0.4, 0.5) is 5.69 Å². The summed E-state index contributed by atoms with van der Waals surface area (Å²) in [6, 6.07) is 14.1. The molecule has 1 saturated carbocycles. The Morgan fingerprint density at radius 2 is 1.57 bits per heavy atom. The highest BCUT2D eigenvalue weighted by atomic mass is 32.2. The van der Waals surface area contributed by atoms with Crippen molar-refractivity contribution in [2.75, 3.05) is 17.1 Å². The Morgan fingerprint density at radius 3 is 2.17 bits per heavy atom. The monoisotopic (exact) mass is 499 g/mol. The molecular weight excluding hydrogens is 462 g/mol. The van der Waals surface area contributed by atoms with Crippen LogP contribution in [0, 0.1) is 13.8 Å². The summed E-state index contributed by atoms with van der Waals surface area (Å²) in [5, 5.41) is 3.11. The van der Waals surface area contributed by atoms with Crippen LogP contribution in [0.3, 0.4) is 0 Å². The van der Waals surface area contributed by atoms with E-state index >= 15 is 0 Å². The SMILES string of the molecule is Cc1ccccc1CN(C(=O)CN(c1ccccc1C)S(C)(=O)=O)C(C)C(=O)NC1CCCCC1. The predicted octanol–water partition coefficient (Wildman–Crippen LogP) is 3.94. The zero-order chi connectivity index (χ0) is 25.6. The van der Waals surface area contributed by atoms with Crippen molar-refractivity contribution >= 4 is 27.5 Å². The minimum absolute atomic E-state index is 0.119. The first kappa shape index (κ1) is 26.7. The lowest BCUT2D eigenvalue weighted by Gasteiger charge is -2.33. The van der Waals surface area contributed by atoms with Crippen LogP contribution >= 0.6 is 0 Å². The number of amides is 2. The lowest BCUT2D eigenvalue weighted by atomic mass is 9.95. The fourth-order valence-corrected chi connectivity index (χ4v) is 5.47. The molecule has 1 N–H and O–H groups in total. The molecule has 3 rings (SSSR count). The van der Waals surface area contributed by atoms with Gasteiger partial charge in [-0.05, 0) is 56.4 Å². The summed E-state index contributed by atoms with van der Waals surface area (Å²) in [4.78, 5) is 28.4. The Kier molecular flexibility index (Phi) is 8.94. The standard InChI is InChI=1S/C27H37N3O4S/c1-20-12-8-10-14-23(20)18-29(22(3)27(32)28-24-15-6-5-7-16-24)26(31)19-30(35(4,33)34)25-17-11-9-13-21(25)2/h8-14,17,22,24H,5-7,15-16,18-19H2,1-4H3,(H,28,32). The Balaban J connectivity index is 1.89. The Bertz CT molecular complexity index is 1140. The van der Waals surface area contributed by atoms with Gasteiger partial charge in [-0.25, -0.2) is 8.42 Å². The number of aryl methyl sites for hydroxylation is 2. The van der Waals surface area contributed by atoms with E-state index in [2.05, 4.69) is 5.32 Å². The molecule has 0 heterocycles. The maximum absolute atomic E-state index is 13.7. The number of sulfonamides is 1. The number of anilines is 1. The van der Waals surface area contributed by atoms with Gasteiger partial charge in [-0.3, -0.25) is 13.9 Å². The van der Waals surface area contributed by atoms with Crippen LogP contribution < -0.4 is 9.62 Å². The number of benzene rings is 2. The molecule has 0 saturated heterocycles. The summed E-state index contributed by atoms with van der Waals surface area (Å²) in [6.07, 6.45) is 6.34. The number of rotatable bonds is 9. The van der Waals surface area contributed by atoms with Gasteiger partial charge in [0, 0.05) is 12.6 Å². The Morgan fingerprint density at radius 1 is 0.971 bits per heavy atom. The molecule has 2 amide bonds. The predicted molar refractivity (Wildman–Crippen MR) is 140 cm³/mol. The highest BCUT2D eigenvalue weighted by Crippen LogP contribution is 2.23. The summed E-state index contributed by atoms with van der Waals surface area (Å²) in [5.74, 6) is -0.631.